The number of carboxylic acids is 1. The topological polar surface area (TPSA) is 53.4 Å². The Balaban J connectivity index is 1.61. The van der Waals surface area contributed by atoms with Crippen LogP contribution in [0, 0.1) is 11.8 Å². The molecule has 2 fully saturated rings. The number of likely N-dealkylation sites (tertiary alicyclic amines) is 1. The van der Waals surface area contributed by atoms with E-state index in [0.29, 0.717) is 0 Å². The largest absolute Gasteiger partial charge is 0.478 e. The lowest BCUT2D eigenvalue weighted by molar-refractivity contribution is 0.0696. The number of nitrogens with zero attached hydrogens (tertiary/aromatic N) is 2. The maximum Gasteiger partial charge on any atom is 0.337 e. The highest BCUT2D eigenvalue weighted by atomic mass is 16.4. The van der Waals surface area contributed by atoms with E-state index in [4.69, 9.17) is 5.11 Å². The lowest BCUT2D eigenvalue weighted by Crippen LogP contribution is -2.21. The fraction of sp³-hybridized carbons (Fsp3) is 0.571. The van der Waals surface area contributed by atoms with Crippen LogP contribution < -0.4 is 0 Å². The number of aromatic carboxylic acids is 1. The van der Waals surface area contributed by atoms with Gasteiger partial charge in [-0.1, -0.05) is 6.42 Å². The number of fused-ring (bicyclic) bond motifs is 1. The molecule has 1 aliphatic heterocycles. The molecule has 1 aromatic rings. The van der Waals surface area contributed by atoms with Crippen molar-refractivity contribution in [2.24, 2.45) is 11.8 Å². The Morgan fingerprint density at radius 3 is 2.61 bits per heavy atom. The molecule has 96 valence electrons. The van der Waals surface area contributed by atoms with E-state index < -0.39 is 5.97 Å². The molecule has 1 aromatic heterocycles. The molecule has 18 heavy (non-hydrogen) atoms. The molecule has 0 bridgehead atoms. The number of carbonyl (C=O) groups is 1. The minimum atomic E-state index is -0.912. The fourth-order valence-electron chi connectivity index (χ4n) is 3.33. The van der Waals surface area contributed by atoms with Crippen LogP contribution >= 0.6 is 0 Å². The highest BCUT2D eigenvalue weighted by molar-refractivity contribution is 5.87. The number of hydrogen-bond acceptors (Lipinski definition) is 3. The number of hydrogen-bond donors (Lipinski definition) is 1. The van der Waals surface area contributed by atoms with Gasteiger partial charge in [-0.3, -0.25) is 9.88 Å². The zero-order valence-corrected chi connectivity index (χ0v) is 10.4. The summed E-state index contributed by atoms with van der Waals surface area (Å²) in [7, 11) is 0. The number of pyridine rings is 1. The maximum absolute atomic E-state index is 10.7. The van der Waals surface area contributed by atoms with Crippen LogP contribution in [0.25, 0.3) is 0 Å². The van der Waals surface area contributed by atoms with Crippen molar-refractivity contribution in [3.05, 3.63) is 29.6 Å². The third-order valence-electron chi connectivity index (χ3n) is 4.26. The van der Waals surface area contributed by atoms with Gasteiger partial charge in [0.25, 0.3) is 0 Å². The Kier molecular flexibility index (Phi) is 3.04. The summed E-state index contributed by atoms with van der Waals surface area (Å²) in [6.07, 6.45) is 5.61. The molecule has 0 amide bonds. The molecule has 2 unspecified atom stereocenters. The first-order valence-electron chi connectivity index (χ1n) is 6.63. The van der Waals surface area contributed by atoms with Crippen LogP contribution in [0.15, 0.2) is 18.3 Å². The predicted molar refractivity (Wildman–Crippen MR) is 67.3 cm³/mol. The van der Waals surface area contributed by atoms with Gasteiger partial charge < -0.3 is 5.11 Å². The third kappa shape index (κ3) is 2.25. The first-order chi connectivity index (χ1) is 8.72. The number of carboxylic acid groups (broad SMARTS) is 1. The second-order valence-electron chi connectivity index (χ2n) is 5.49. The molecule has 1 aliphatic carbocycles. The summed E-state index contributed by atoms with van der Waals surface area (Å²) >= 11 is 0. The summed E-state index contributed by atoms with van der Waals surface area (Å²) in [6.45, 7) is 3.23. The summed E-state index contributed by atoms with van der Waals surface area (Å²) < 4.78 is 0. The van der Waals surface area contributed by atoms with E-state index in [1.54, 1.807) is 6.07 Å². The van der Waals surface area contributed by atoms with Gasteiger partial charge in [-0.25, -0.2) is 4.79 Å². The van der Waals surface area contributed by atoms with Crippen molar-refractivity contribution >= 4 is 5.97 Å². The van der Waals surface area contributed by atoms with E-state index in [0.717, 1.165) is 24.1 Å². The number of rotatable bonds is 3. The molecule has 0 aromatic carbocycles. The van der Waals surface area contributed by atoms with E-state index in [1.165, 1.54) is 38.5 Å². The molecule has 0 spiro atoms. The van der Waals surface area contributed by atoms with E-state index in [9.17, 15) is 4.79 Å². The van der Waals surface area contributed by atoms with Crippen molar-refractivity contribution in [2.45, 2.75) is 25.8 Å². The van der Waals surface area contributed by atoms with E-state index in [2.05, 4.69) is 9.88 Å². The molecule has 4 heteroatoms. The van der Waals surface area contributed by atoms with Crippen molar-refractivity contribution in [3.8, 4) is 0 Å². The zero-order valence-electron chi connectivity index (χ0n) is 10.4. The van der Waals surface area contributed by atoms with Gasteiger partial charge in [-0.2, -0.15) is 0 Å². The van der Waals surface area contributed by atoms with E-state index in [1.807, 2.05) is 6.07 Å². The Morgan fingerprint density at radius 2 is 2.06 bits per heavy atom. The smallest absolute Gasteiger partial charge is 0.337 e. The molecule has 4 nitrogen and oxygen atoms in total. The monoisotopic (exact) mass is 246 g/mol. The summed E-state index contributed by atoms with van der Waals surface area (Å²) in [5.41, 5.74) is 1.23. The molecule has 0 radical (unpaired) electrons. The minimum absolute atomic E-state index is 0.261. The van der Waals surface area contributed by atoms with Crippen molar-refractivity contribution in [1.82, 2.24) is 9.88 Å². The Hall–Kier alpha value is -1.42. The molecule has 3 rings (SSSR count). The molecule has 2 aliphatic rings. The second-order valence-corrected chi connectivity index (χ2v) is 5.49. The maximum atomic E-state index is 10.7. The van der Waals surface area contributed by atoms with Gasteiger partial charge in [0.2, 0.25) is 0 Å². The lowest BCUT2D eigenvalue weighted by atomic mass is 10.0. The second kappa shape index (κ2) is 4.69. The van der Waals surface area contributed by atoms with E-state index in [-0.39, 0.29) is 5.56 Å². The average Bonchev–Trinajstić information content (AvgIpc) is 2.90. The minimum Gasteiger partial charge on any atom is -0.478 e. The first kappa shape index (κ1) is 11.7. The van der Waals surface area contributed by atoms with Crippen LogP contribution in [0.3, 0.4) is 0 Å². The van der Waals surface area contributed by atoms with Gasteiger partial charge in [-0.15, -0.1) is 0 Å². The summed E-state index contributed by atoms with van der Waals surface area (Å²) in [5, 5.41) is 8.82. The molecule has 2 heterocycles. The first-order valence-corrected chi connectivity index (χ1v) is 6.63. The summed E-state index contributed by atoms with van der Waals surface area (Å²) in [6, 6.07) is 3.47. The van der Waals surface area contributed by atoms with Crippen LogP contribution in [0.4, 0.5) is 0 Å². The lowest BCUT2D eigenvalue weighted by Gasteiger charge is -2.15. The molecule has 1 saturated heterocycles. The zero-order chi connectivity index (χ0) is 12.5. The van der Waals surface area contributed by atoms with Gasteiger partial charge in [0, 0.05) is 25.8 Å². The SMILES string of the molecule is O=C(O)c1ccc(CN2CC3CCCC3C2)nc1. The van der Waals surface area contributed by atoms with Crippen molar-refractivity contribution in [2.75, 3.05) is 13.1 Å². The van der Waals surface area contributed by atoms with Crippen LogP contribution in [0.1, 0.15) is 35.3 Å². The molecule has 1 N–H and O–H groups in total. The van der Waals surface area contributed by atoms with Crippen molar-refractivity contribution in [3.63, 3.8) is 0 Å². The summed E-state index contributed by atoms with van der Waals surface area (Å²) in [4.78, 5) is 17.4. The standard InChI is InChI=1S/C14H18N2O2/c17-14(18)10-4-5-13(15-6-10)9-16-7-11-2-1-3-12(11)8-16/h4-6,11-12H,1-3,7-9H2,(H,17,18). The average molecular weight is 246 g/mol. The molecular formula is C14H18N2O2. The van der Waals surface area contributed by atoms with Crippen LogP contribution in [-0.2, 0) is 6.54 Å². The third-order valence-corrected chi connectivity index (χ3v) is 4.26. The highest BCUT2D eigenvalue weighted by Crippen LogP contribution is 2.37. The summed E-state index contributed by atoms with van der Waals surface area (Å²) in [5.74, 6) is 0.872. The van der Waals surface area contributed by atoms with Crippen molar-refractivity contribution < 1.29 is 9.90 Å². The number of aromatic nitrogens is 1. The normalized spacial score (nSPS) is 27.3. The van der Waals surface area contributed by atoms with E-state index >= 15 is 0 Å². The van der Waals surface area contributed by atoms with Crippen LogP contribution in [-0.4, -0.2) is 34.0 Å². The van der Waals surface area contributed by atoms with Gasteiger partial charge in [0.15, 0.2) is 0 Å². The fourth-order valence-corrected chi connectivity index (χ4v) is 3.33. The highest BCUT2D eigenvalue weighted by Gasteiger charge is 2.35. The van der Waals surface area contributed by atoms with Gasteiger partial charge in [0.1, 0.15) is 0 Å². The quantitative estimate of drug-likeness (QED) is 0.886. The molecule has 1 saturated carbocycles. The van der Waals surface area contributed by atoms with Crippen LogP contribution in [0.5, 0.6) is 0 Å². The van der Waals surface area contributed by atoms with Gasteiger partial charge in [0.05, 0.1) is 11.3 Å². The Labute approximate surface area is 107 Å². The van der Waals surface area contributed by atoms with Crippen LogP contribution in [0.2, 0.25) is 0 Å². The van der Waals surface area contributed by atoms with Gasteiger partial charge >= 0.3 is 5.97 Å². The van der Waals surface area contributed by atoms with Crippen molar-refractivity contribution in [1.29, 1.82) is 0 Å². The Bertz CT molecular complexity index is 432. The predicted octanol–water partition coefficient (Wildman–Crippen LogP) is 2.01. The molecule has 2 atom stereocenters. The van der Waals surface area contributed by atoms with Gasteiger partial charge in [-0.05, 0) is 36.8 Å². The Morgan fingerprint density at radius 1 is 1.33 bits per heavy atom. The molecular weight excluding hydrogens is 228 g/mol.